The summed E-state index contributed by atoms with van der Waals surface area (Å²) >= 11 is 6.01. The maximum Gasteiger partial charge on any atom is 0.119 e. The summed E-state index contributed by atoms with van der Waals surface area (Å²) in [6.07, 6.45) is 0.770. The minimum atomic E-state index is 0.0221. The van der Waals surface area contributed by atoms with E-state index in [9.17, 15) is 0 Å². The van der Waals surface area contributed by atoms with Crippen molar-refractivity contribution in [3.8, 4) is 5.75 Å². The first-order chi connectivity index (χ1) is 9.72. The molecule has 3 nitrogen and oxygen atoms in total. The number of hydrazine groups is 1. The summed E-state index contributed by atoms with van der Waals surface area (Å²) in [4.78, 5) is 0. The molecule has 2 aromatic rings. The van der Waals surface area contributed by atoms with Gasteiger partial charge in [-0.1, -0.05) is 35.9 Å². The Labute approximate surface area is 124 Å². The third-order valence-electron chi connectivity index (χ3n) is 3.10. The van der Waals surface area contributed by atoms with Crippen LogP contribution in [0.5, 0.6) is 5.75 Å². The number of halogens is 1. The molecule has 0 aromatic heterocycles. The van der Waals surface area contributed by atoms with Crippen LogP contribution >= 0.6 is 11.6 Å². The molecule has 0 aliphatic carbocycles. The van der Waals surface area contributed by atoms with Gasteiger partial charge in [0, 0.05) is 5.02 Å². The normalized spacial score (nSPS) is 12.2. The Morgan fingerprint density at radius 1 is 1.20 bits per heavy atom. The number of nitrogens with one attached hydrogen (secondary N) is 1. The molecule has 2 aromatic carbocycles. The van der Waals surface area contributed by atoms with Crippen molar-refractivity contribution in [1.82, 2.24) is 5.43 Å². The fraction of sp³-hybridized carbons (Fsp3) is 0.250. The molecular weight excluding hydrogens is 272 g/mol. The lowest BCUT2D eigenvalue weighted by atomic mass is 9.99. The molecule has 1 unspecified atom stereocenters. The number of rotatable bonds is 6. The predicted octanol–water partition coefficient (Wildman–Crippen LogP) is 3.49. The van der Waals surface area contributed by atoms with Crippen molar-refractivity contribution in [1.29, 1.82) is 0 Å². The first-order valence-corrected chi connectivity index (χ1v) is 7.04. The Morgan fingerprint density at radius 2 is 2.00 bits per heavy atom. The molecule has 0 amide bonds. The minimum absolute atomic E-state index is 0.0221. The highest BCUT2D eigenvalue weighted by Gasteiger charge is 2.11. The minimum Gasteiger partial charge on any atom is -0.494 e. The smallest absolute Gasteiger partial charge is 0.119 e. The van der Waals surface area contributed by atoms with E-state index in [4.69, 9.17) is 22.2 Å². The summed E-state index contributed by atoms with van der Waals surface area (Å²) in [6.45, 7) is 2.62. The van der Waals surface area contributed by atoms with Crippen molar-refractivity contribution >= 4 is 11.6 Å². The second kappa shape index (κ2) is 7.29. The Bertz CT molecular complexity index is 560. The van der Waals surface area contributed by atoms with Crippen molar-refractivity contribution in [2.24, 2.45) is 5.84 Å². The van der Waals surface area contributed by atoms with Gasteiger partial charge in [-0.25, -0.2) is 0 Å². The van der Waals surface area contributed by atoms with E-state index in [0.717, 1.165) is 28.3 Å². The first kappa shape index (κ1) is 14.9. The SMILES string of the molecule is CCOc1cccc(C(Cc2cccc(Cl)c2)NN)c1. The van der Waals surface area contributed by atoms with E-state index in [2.05, 4.69) is 5.43 Å². The van der Waals surface area contributed by atoms with E-state index >= 15 is 0 Å². The Hall–Kier alpha value is -1.55. The third-order valence-corrected chi connectivity index (χ3v) is 3.34. The van der Waals surface area contributed by atoms with Crippen LogP contribution < -0.4 is 16.0 Å². The van der Waals surface area contributed by atoms with Gasteiger partial charge in [0.25, 0.3) is 0 Å². The zero-order chi connectivity index (χ0) is 14.4. The molecule has 4 heteroatoms. The zero-order valence-corrected chi connectivity index (χ0v) is 12.2. The average molecular weight is 291 g/mol. The fourth-order valence-electron chi connectivity index (χ4n) is 2.16. The van der Waals surface area contributed by atoms with Gasteiger partial charge >= 0.3 is 0 Å². The van der Waals surface area contributed by atoms with E-state index < -0.39 is 0 Å². The monoisotopic (exact) mass is 290 g/mol. The van der Waals surface area contributed by atoms with Gasteiger partial charge in [0.05, 0.1) is 12.6 Å². The van der Waals surface area contributed by atoms with Crippen molar-refractivity contribution in [3.63, 3.8) is 0 Å². The summed E-state index contributed by atoms with van der Waals surface area (Å²) in [7, 11) is 0. The number of nitrogens with two attached hydrogens (primary N) is 1. The van der Waals surface area contributed by atoms with Gasteiger partial charge < -0.3 is 4.74 Å². The molecule has 0 aliphatic heterocycles. The van der Waals surface area contributed by atoms with Gasteiger partial charge in [0.1, 0.15) is 5.75 Å². The van der Waals surface area contributed by atoms with Gasteiger partial charge in [-0.05, 0) is 48.7 Å². The maximum atomic E-state index is 6.01. The average Bonchev–Trinajstić information content (AvgIpc) is 2.45. The van der Waals surface area contributed by atoms with Crippen molar-refractivity contribution in [2.75, 3.05) is 6.61 Å². The van der Waals surface area contributed by atoms with E-state index in [1.807, 2.05) is 55.5 Å². The van der Waals surface area contributed by atoms with Gasteiger partial charge in [-0.3, -0.25) is 11.3 Å². The molecule has 0 fully saturated rings. The standard InChI is InChI=1S/C16H19ClN2O/c1-2-20-15-8-4-6-13(11-15)16(19-18)10-12-5-3-7-14(17)9-12/h3-9,11,16,19H,2,10,18H2,1H3. The van der Waals surface area contributed by atoms with Crippen LogP contribution in [0.15, 0.2) is 48.5 Å². The highest BCUT2D eigenvalue weighted by atomic mass is 35.5. The summed E-state index contributed by atoms with van der Waals surface area (Å²) in [5, 5.41) is 0.737. The molecule has 0 aliphatic rings. The first-order valence-electron chi connectivity index (χ1n) is 6.66. The molecule has 0 heterocycles. The molecule has 106 valence electrons. The van der Waals surface area contributed by atoms with Crippen molar-refractivity contribution in [2.45, 2.75) is 19.4 Å². The largest absolute Gasteiger partial charge is 0.494 e. The molecule has 0 radical (unpaired) electrons. The number of ether oxygens (including phenoxy) is 1. The molecule has 0 saturated heterocycles. The van der Waals surface area contributed by atoms with E-state index in [0.29, 0.717) is 6.61 Å². The molecule has 0 saturated carbocycles. The van der Waals surface area contributed by atoms with E-state index in [1.54, 1.807) is 0 Å². The van der Waals surface area contributed by atoms with Crippen LogP contribution in [0.1, 0.15) is 24.1 Å². The molecule has 2 rings (SSSR count). The Kier molecular flexibility index (Phi) is 5.41. The lowest BCUT2D eigenvalue weighted by Crippen LogP contribution is -2.29. The lowest BCUT2D eigenvalue weighted by Gasteiger charge is -2.17. The predicted molar refractivity (Wildman–Crippen MR) is 82.8 cm³/mol. The van der Waals surface area contributed by atoms with Crippen LogP contribution in [0.25, 0.3) is 0 Å². The summed E-state index contributed by atoms with van der Waals surface area (Å²) < 4.78 is 5.52. The zero-order valence-electron chi connectivity index (χ0n) is 11.5. The van der Waals surface area contributed by atoms with Crippen molar-refractivity contribution < 1.29 is 4.74 Å². The molecule has 0 spiro atoms. The fourth-order valence-corrected chi connectivity index (χ4v) is 2.37. The van der Waals surface area contributed by atoms with Crippen LogP contribution in [-0.4, -0.2) is 6.61 Å². The number of hydrogen-bond donors (Lipinski definition) is 2. The van der Waals surface area contributed by atoms with Gasteiger partial charge in [-0.2, -0.15) is 0 Å². The highest BCUT2D eigenvalue weighted by molar-refractivity contribution is 6.30. The second-order valence-corrected chi connectivity index (χ2v) is 5.00. The van der Waals surface area contributed by atoms with Gasteiger partial charge in [0.15, 0.2) is 0 Å². The van der Waals surface area contributed by atoms with E-state index in [1.165, 1.54) is 0 Å². The summed E-state index contributed by atoms with van der Waals surface area (Å²) in [6, 6.07) is 15.8. The molecule has 0 bridgehead atoms. The molecule has 20 heavy (non-hydrogen) atoms. The number of benzene rings is 2. The van der Waals surface area contributed by atoms with Gasteiger partial charge in [-0.15, -0.1) is 0 Å². The number of hydrogen-bond acceptors (Lipinski definition) is 3. The maximum absolute atomic E-state index is 6.01. The lowest BCUT2D eigenvalue weighted by molar-refractivity contribution is 0.339. The second-order valence-electron chi connectivity index (χ2n) is 4.56. The topological polar surface area (TPSA) is 47.3 Å². The van der Waals surface area contributed by atoms with Crippen molar-refractivity contribution in [3.05, 3.63) is 64.7 Å². The summed E-state index contributed by atoms with van der Waals surface area (Å²) in [5.41, 5.74) is 5.09. The molecule has 1 atom stereocenters. The third kappa shape index (κ3) is 3.97. The van der Waals surface area contributed by atoms with Crippen LogP contribution in [-0.2, 0) is 6.42 Å². The summed E-state index contributed by atoms with van der Waals surface area (Å²) in [5.74, 6) is 6.55. The van der Waals surface area contributed by atoms with Crippen LogP contribution in [0.4, 0.5) is 0 Å². The quantitative estimate of drug-likeness (QED) is 0.632. The van der Waals surface area contributed by atoms with Crippen LogP contribution in [0.3, 0.4) is 0 Å². The molecular formula is C16H19ClN2O. The highest BCUT2D eigenvalue weighted by Crippen LogP contribution is 2.23. The van der Waals surface area contributed by atoms with Crippen LogP contribution in [0.2, 0.25) is 5.02 Å². The van der Waals surface area contributed by atoms with Gasteiger partial charge in [0.2, 0.25) is 0 Å². The molecule has 3 N–H and O–H groups in total. The van der Waals surface area contributed by atoms with Crippen LogP contribution in [0, 0.1) is 0 Å². The Balaban J connectivity index is 2.17. The van der Waals surface area contributed by atoms with E-state index in [-0.39, 0.29) is 6.04 Å². The Morgan fingerprint density at radius 3 is 2.70 bits per heavy atom.